The predicted molar refractivity (Wildman–Crippen MR) is 47.1 cm³/mol. The molecule has 0 saturated heterocycles. The van der Waals surface area contributed by atoms with E-state index in [-0.39, 0.29) is 5.69 Å². The van der Waals surface area contributed by atoms with Crippen molar-refractivity contribution in [2.45, 2.75) is 13.1 Å². The summed E-state index contributed by atoms with van der Waals surface area (Å²) >= 11 is 0. The minimum atomic E-state index is -4.48. The van der Waals surface area contributed by atoms with Gasteiger partial charge in [0.25, 0.3) is 0 Å². The molecule has 0 unspecified atom stereocenters. The summed E-state index contributed by atoms with van der Waals surface area (Å²) in [4.78, 5) is 0. The van der Waals surface area contributed by atoms with Gasteiger partial charge < -0.3 is 10.5 Å². The van der Waals surface area contributed by atoms with Gasteiger partial charge in [-0.2, -0.15) is 13.2 Å². The van der Waals surface area contributed by atoms with E-state index in [1.54, 1.807) is 6.92 Å². The van der Waals surface area contributed by atoms with E-state index in [0.29, 0.717) is 5.56 Å². The predicted octanol–water partition coefficient (Wildman–Crippen LogP) is 2.66. The Morgan fingerprint density at radius 3 is 2.47 bits per heavy atom. The Hall–Kier alpha value is -1.46. The molecule has 2 nitrogen and oxygen atoms in total. The molecule has 6 heteroatoms. The van der Waals surface area contributed by atoms with Crippen LogP contribution in [0.15, 0.2) is 12.1 Å². The van der Waals surface area contributed by atoms with Crippen LogP contribution in [0.4, 0.5) is 23.2 Å². The highest BCUT2D eigenvalue weighted by molar-refractivity contribution is 5.50. The Morgan fingerprint density at radius 1 is 1.33 bits per heavy atom. The summed E-state index contributed by atoms with van der Waals surface area (Å²) in [6, 6.07) is 2.07. The number of ether oxygens (including phenoxy) is 1. The Bertz CT molecular complexity index is 362. The van der Waals surface area contributed by atoms with Gasteiger partial charge in [0.05, 0.1) is 0 Å². The summed E-state index contributed by atoms with van der Waals surface area (Å²) in [5.74, 6) is -1.35. The van der Waals surface area contributed by atoms with Crippen molar-refractivity contribution >= 4 is 5.69 Å². The number of hydrogen-bond donors (Lipinski definition) is 1. The molecular weight excluding hydrogens is 214 g/mol. The molecule has 15 heavy (non-hydrogen) atoms. The number of alkyl halides is 3. The molecule has 0 aromatic heterocycles. The number of anilines is 1. The van der Waals surface area contributed by atoms with Gasteiger partial charge in [-0.3, -0.25) is 0 Å². The van der Waals surface area contributed by atoms with Crippen molar-refractivity contribution in [3.8, 4) is 5.75 Å². The highest BCUT2D eigenvalue weighted by atomic mass is 19.4. The average Bonchev–Trinajstić information content (AvgIpc) is 2.07. The fourth-order valence-electron chi connectivity index (χ4n) is 0.941. The van der Waals surface area contributed by atoms with Crippen LogP contribution < -0.4 is 10.5 Å². The van der Waals surface area contributed by atoms with Crippen LogP contribution in [-0.2, 0) is 0 Å². The molecule has 0 radical (unpaired) electrons. The number of nitrogen functional groups attached to an aromatic ring is 1. The van der Waals surface area contributed by atoms with E-state index in [9.17, 15) is 17.6 Å². The monoisotopic (exact) mass is 223 g/mol. The molecule has 0 atom stereocenters. The fraction of sp³-hybridized carbons (Fsp3) is 0.333. The third-order valence-corrected chi connectivity index (χ3v) is 1.71. The molecule has 0 aliphatic heterocycles. The third-order valence-electron chi connectivity index (χ3n) is 1.71. The molecule has 1 aromatic carbocycles. The van der Waals surface area contributed by atoms with Crippen molar-refractivity contribution in [1.82, 2.24) is 0 Å². The lowest BCUT2D eigenvalue weighted by Crippen LogP contribution is -2.19. The van der Waals surface area contributed by atoms with Gasteiger partial charge in [-0.1, -0.05) is 0 Å². The van der Waals surface area contributed by atoms with E-state index >= 15 is 0 Å². The summed E-state index contributed by atoms with van der Waals surface area (Å²) in [5, 5.41) is 0. The molecule has 0 heterocycles. The first-order chi connectivity index (χ1) is 6.79. The number of nitrogens with two attached hydrogens (primary N) is 1. The smallest absolute Gasteiger partial charge is 0.422 e. The molecule has 0 bridgehead atoms. The van der Waals surface area contributed by atoms with E-state index in [4.69, 9.17) is 5.73 Å². The van der Waals surface area contributed by atoms with Crippen molar-refractivity contribution in [1.29, 1.82) is 0 Å². The molecule has 1 rings (SSSR count). The van der Waals surface area contributed by atoms with Gasteiger partial charge in [0.15, 0.2) is 18.2 Å². The topological polar surface area (TPSA) is 35.2 Å². The second-order valence-electron chi connectivity index (χ2n) is 3.04. The van der Waals surface area contributed by atoms with Crippen molar-refractivity contribution in [2.75, 3.05) is 12.3 Å². The van der Waals surface area contributed by atoms with Gasteiger partial charge in [-0.05, 0) is 18.6 Å². The molecule has 0 saturated carbocycles. The van der Waals surface area contributed by atoms with Crippen LogP contribution in [-0.4, -0.2) is 12.8 Å². The van der Waals surface area contributed by atoms with Crippen molar-refractivity contribution < 1.29 is 22.3 Å². The zero-order valence-corrected chi connectivity index (χ0v) is 7.86. The summed E-state index contributed by atoms with van der Waals surface area (Å²) in [5.41, 5.74) is 5.99. The minimum absolute atomic E-state index is 0.173. The van der Waals surface area contributed by atoms with E-state index in [2.05, 4.69) is 4.74 Å². The number of hydrogen-bond acceptors (Lipinski definition) is 2. The first kappa shape index (κ1) is 11.6. The summed E-state index contributed by atoms with van der Waals surface area (Å²) in [6.07, 6.45) is -4.48. The minimum Gasteiger partial charge on any atom is -0.481 e. The Balaban J connectivity index is 2.82. The molecular formula is C9H9F4NO. The van der Waals surface area contributed by atoms with Gasteiger partial charge in [0, 0.05) is 11.8 Å². The Morgan fingerprint density at radius 2 is 1.93 bits per heavy atom. The Kier molecular flexibility index (Phi) is 3.06. The number of halogens is 4. The third kappa shape index (κ3) is 3.30. The molecule has 0 aliphatic rings. The van der Waals surface area contributed by atoms with E-state index in [1.807, 2.05) is 0 Å². The molecule has 0 amide bonds. The van der Waals surface area contributed by atoms with Crippen LogP contribution in [0.5, 0.6) is 5.75 Å². The SMILES string of the molecule is Cc1cc(OCC(F)(F)F)c(F)cc1N. The van der Waals surface area contributed by atoms with Crippen molar-refractivity contribution in [2.24, 2.45) is 0 Å². The molecule has 1 aromatic rings. The number of rotatable bonds is 2. The fourth-order valence-corrected chi connectivity index (χ4v) is 0.941. The second-order valence-corrected chi connectivity index (χ2v) is 3.04. The van der Waals surface area contributed by atoms with Gasteiger partial charge >= 0.3 is 6.18 Å². The first-order valence-electron chi connectivity index (χ1n) is 4.05. The second kappa shape index (κ2) is 3.96. The largest absolute Gasteiger partial charge is 0.481 e. The quantitative estimate of drug-likeness (QED) is 0.618. The van der Waals surface area contributed by atoms with Crippen molar-refractivity contribution in [3.05, 3.63) is 23.5 Å². The van der Waals surface area contributed by atoms with Crippen molar-refractivity contribution in [3.63, 3.8) is 0 Å². The van der Waals surface area contributed by atoms with Gasteiger partial charge in [0.2, 0.25) is 0 Å². The molecule has 84 valence electrons. The lowest BCUT2D eigenvalue weighted by Gasteiger charge is -2.11. The van der Waals surface area contributed by atoms with Crippen LogP contribution in [0.1, 0.15) is 5.56 Å². The highest BCUT2D eigenvalue weighted by Crippen LogP contribution is 2.25. The summed E-state index contributed by atoms with van der Waals surface area (Å²) in [7, 11) is 0. The lowest BCUT2D eigenvalue weighted by atomic mass is 10.2. The van der Waals surface area contributed by atoms with Crippen LogP contribution in [0.2, 0.25) is 0 Å². The van der Waals surface area contributed by atoms with Gasteiger partial charge in [-0.15, -0.1) is 0 Å². The van der Waals surface area contributed by atoms with Gasteiger partial charge in [-0.25, -0.2) is 4.39 Å². The summed E-state index contributed by atoms with van der Waals surface area (Å²) < 4.78 is 52.7. The van der Waals surface area contributed by atoms with Crippen LogP contribution in [0.3, 0.4) is 0 Å². The van der Waals surface area contributed by atoms with E-state index in [0.717, 1.165) is 12.1 Å². The zero-order chi connectivity index (χ0) is 11.6. The van der Waals surface area contributed by atoms with Gasteiger partial charge in [0.1, 0.15) is 0 Å². The molecule has 0 fully saturated rings. The molecule has 0 spiro atoms. The van der Waals surface area contributed by atoms with E-state index < -0.39 is 24.3 Å². The first-order valence-corrected chi connectivity index (χ1v) is 4.05. The summed E-state index contributed by atoms with van der Waals surface area (Å²) in [6.45, 7) is 0.0303. The number of aryl methyl sites for hydroxylation is 1. The number of benzene rings is 1. The van der Waals surface area contributed by atoms with Crippen LogP contribution in [0.25, 0.3) is 0 Å². The normalized spacial score (nSPS) is 11.5. The standard InChI is InChI=1S/C9H9F4NO/c1-5-2-8(6(10)3-7(5)14)15-4-9(11,12)13/h2-3H,4,14H2,1H3. The maximum atomic E-state index is 13.0. The zero-order valence-electron chi connectivity index (χ0n) is 7.86. The maximum absolute atomic E-state index is 13.0. The molecule has 2 N–H and O–H groups in total. The Labute approximate surface area is 83.6 Å². The van der Waals surface area contributed by atoms with Crippen LogP contribution >= 0.6 is 0 Å². The van der Waals surface area contributed by atoms with E-state index in [1.165, 1.54) is 0 Å². The average molecular weight is 223 g/mol. The maximum Gasteiger partial charge on any atom is 0.422 e. The van der Waals surface area contributed by atoms with Crippen LogP contribution in [0, 0.1) is 12.7 Å². The lowest BCUT2D eigenvalue weighted by molar-refractivity contribution is -0.153. The highest BCUT2D eigenvalue weighted by Gasteiger charge is 2.29. The molecule has 0 aliphatic carbocycles.